The van der Waals surface area contributed by atoms with Gasteiger partial charge in [-0.05, 0) is 35.4 Å². The standard InChI is InChI=1S/C26H28N2O4/c1-27-26(30)24(17-20-9-5-3-6-10-20)28(18-21-11-7-4-8-12-21)25(29)19-32-23-15-13-22(31-2)14-16-23/h3-16,24H,17-19H2,1-2H3,(H,27,30)/t24-/m1/s1. The van der Waals surface area contributed by atoms with Crippen molar-refractivity contribution >= 4 is 11.8 Å². The summed E-state index contributed by atoms with van der Waals surface area (Å²) in [5.74, 6) is 0.770. The van der Waals surface area contributed by atoms with Gasteiger partial charge in [0.05, 0.1) is 7.11 Å². The van der Waals surface area contributed by atoms with E-state index in [4.69, 9.17) is 9.47 Å². The number of hydrogen-bond donors (Lipinski definition) is 1. The topological polar surface area (TPSA) is 67.9 Å². The molecule has 0 unspecified atom stereocenters. The maximum atomic E-state index is 13.3. The first-order valence-corrected chi connectivity index (χ1v) is 10.5. The van der Waals surface area contributed by atoms with Crippen molar-refractivity contribution in [1.82, 2.24) is 10.2 Å². The molecule has 3 rings (SSSR count). The van der Waals surface area contributed by atoms with Crippen molar-refractivity contribution in [3.8, 4) is 11.5 Å². The highest BCUT2D eigenvalue weighted by molar-refractivity contribution is 5.88. The van der Waals surface area contributed by atoms with E-state index in [1.54, 1.807) is 43.3 Å². The number of amides is 2. The smallest absolute Gasteiger partial charge is 0.261 e. The Bertz CT molecular complexity index is 991. The number of carbonyl (C=O) groups excluding carboxylic acids is 2. The number of nitrogens with one attached hydrogen (secondary N) is 1. The first-order chi connectivity index (χ1) is 15.6. The van der Waals surface area contributed by atoms with Crippen molar-refractivity contribution < 1.29 is 19.1 Å². The van der Waals surface area contributed by atoms with Gasteiger partial charge in [0.15, 0.2) is 6.61 Å². The Balaban J connectivity index is 1.82. The second-order valence-corrected chi connectivity index (χ2v) is 7.29. The van der Waals surface area contributed by atoms with Gasteiger partial charge < -0.3 is 19.7 Å². The van der Waals surface area contributed by atoms with Crippen LogP contribution in [0.3, 0.4) is 0 Å². The predicted molar refractivity (Wildman–Crippen MR) is 123 cm³/mol. The number of hydrogen-bond acceptors (Lipinski definition) is 4. The SMILES string of the molecule is CNC(=O)[C@@H](Cc1ccccc1)N(Cc1ccccc1)C(=O)COc1ccc(OC)cc1. The van der Waals surface area contributed by atoms with E-state index in [-0.39, 0.29) is 18.4 Å². The van der Waals surface area contributed by atoms with Gasteiger partial charge in [-0.15, -0.1) is 0 Å². The number of methoxy groups -OCH3 is 1. The molecule has 0 heterocycles. The number of nitrogens with zero attached hydrogens (tertiary/aromatic N) is 1. The molecule has 2 amide bonds. The fraction of sp³-hybridized carbons (Fsp3) is 0.231. The van der Waals surface area contributed by atoms with Gasteiger partial charge in [0.25, 0.3) is 5.91 Å². The largest absolute Gasteiger partial charge is 0.497 e. The molecule has 166 valence electrons. The number of likely N-dealkylation sites (N-methyl/N-ethyl adjacent to an activating group) is 1. The van der Waals surface area contributed by atoms with Crippen LogP contribution in [0.25, 0.3) is 0 Å². The maximum Gasteiger partial charge on any atom is 0.261 e. The minimum absolute atomic E-state index is 0.179. The van der Waals surface area contributed by atoms with Crippen LogP contribution in [-0.2, 0) is 22.6 Å². The monoisotopic (exact) mass is 432 g/mol. The molecule has 1 atom stereocenters. The molecule has 0 radical (unpaired) electrons. The fourth-order valence-electron chi connectivity index (χ4n) is 3.40. The zero-order valence-electron chi connectivity index (χ0n) is 18.4. The summed E-state index contributed by atoms with van der Waals surface area (Å²) in [5.41, 5.74) is 1.91. The summed E-state index contributed by atoms with van der Waals surface area (Å²) in [7, 11) is 3.17. The minimum atomic E-state index is -0.672. The van der Waals surface area contributed by atoms with Gasteiger partial charge in [-0.25, -0.2) is 0 Å². The molecule has 3 aromatic rings. The van der Waals surface area contributed by atoms with E-state index in [0.29, 0.717) is 24.5 Å². The summed E-state index contributed by atoms with van der Waals surface area (Å²) in [6, 6.07) is 25.7. The zero-order valence-corrected chi connectivity index (χ0v) is 18.4. The average Bonchev–Trinajstić information content (AvgIpc) is 2.85. The summed E-state index contributed by atoms with van der Waals surface area (Å²) < 4.78 is 10.9. The van der Waals surface area contributed by atoms with Crippen molar-refractivity contribution in [2.24, 2.45) is 0 Å². The highest BCUT2D eigenvalue weighted by Crippen LogP contribution is 2.18. The second-order valence-electron chi connectivity index (χ2n) is 7.29. The second kappa shape index (κ2) is 11.6. The molecule has 0 aliphatic heterocycles. The van der Waals surface area contributed by atoms with Crippen LogP contribution in [0.1, 0.15) is 11.1 Å². The number of benzene rings is 3. The van der Waals surface area contributed by atoms with E-state index >= 15 is 0 Å². The van der Waals surface area contributed by atoms with Crippen molar-refractivity contribution in [2.45, 2.75) is 19.0 Å². The van der Waals surface area contributed by atoms with Gasteiger partial charge in [0.2, 0.25) is 5.91 Å². The van der Waals surface area contributed by atoms with Crippen molar-refractivity contribution in [2.75, 3.05) is 20.8 Å². The molecule has 0 aliphatic carbocycles. The van der Waals surface area contributed by atoms with Crippen LogP contribution in [-0.4, -0.2) is 43.5 Å². The highest BCUT2D eigenvalue weighted by Gasteiger charge is 2.30. The van der Waals surface area contributed by atoms with E-state index in [9.17, 15) is 9.59 Å². The Labute approximate surface area is 188 Å². The highest BCUT2D eigenvalue weighted by atomic mass is 16.5. The van der Waals surface area contributed by atoms with E-state index in [0.717, 1.165) is 11.1 Å². The predicted octanol–water partition coefficient (Wildman–Crippen LogP) is 3.46. The van der Waals surface area contributed by atoms with Crippen LogP contribution in [0, 0.1) is 0 Å². The first-order valence-electron chi connectivity index (χ1n) is 10.5. The molecular formula is C26H28N2O4. The van der Waals surface area contributed by atoms with E-state index < -0.39 is 6.04 Å². The lowest BCUT2D eigenvalue weighted by molar-refractivity contribution is -0.142. The third-order valence-electron chi connectivity index (χ3n) is 5.13. The summed E-state index contributed by atoms with van der Waals surface area (Å²) in [4.78, 5) is 27.7. The van der Waals surface area contributed by atoms with Gasteiger partial charge in [0.1, 0.15) is 17.5 Å². The molecule has 0 aromatic heterocycles. The van der Waals surface area contributed by atoms with Crippen LogP contribution in [0.15, 0.2) is 84.9 Å². The number of rotatable bonds is 10. The quantitative estimate of drug-likeness (QED) is 0.533. The van der Waals surface area contributed by atoms with Crippen LogP contribution in [0.4, 0.5) is 0 Å². The molecule has 3 aromatic carbocycles. The number of ether oxygens (including phenoxy) is 2. The third kappa shape index (κ3) is 6.35. The molecule has 6 nitrogen and oxygen atoms in total. The third-order valence-corrected chi connectivity index (χ3v) is 5.13. The Morgan fingerprint density at radius 2 is 1.41 bits per heavy atom. The summed E-state index contributed by atoms with van der Waals surface area (Å²) in [6.07, 6.45) is 0.404. The van der Waals surface area contributed by atoms with Gasteiger partial charge in [-0.3, -0.25) is 9.59 Å². The minimum Gasteiger partial charge on any atom is -0.497 e. The van der Waals surface area contributed by atoms with Gasteiger partial charge in [0, 0.05) is 20.0 Å². The molecule has 0 bridgehead atoms. The summed E-state index contributed by atoms with van der Waals surface area (Å²) >= 11 is 0. The van der Waals surface area contributed by atoms with Gasteiger partial charge in [-0.1, -0.05) is 60.7 Å². The van der Waals surface area contributed by atoms with Crippen molar-refractivity contribution in [1.29, 1.82) is 0 Å². The molecule has 0 fully saturated rings. The van der Waals surface area contributed by atoms with E-state index in [1.165, 1.54) is 0 Å². The number of carbonyl (C=O) groups is 2. The average molecular weight is 433 g/mol. The molecule has 1 N–H and O–H groups in total. The molecule has 6 heteroatoms. The normalized spacial score (nSPS) is 11.3. The molecule has 0 aliphatic rings. The Kier molecular flexibility index (Phi) is 8.26. The van der Waals surface area contributed by atoms with Crippen LogP contribution < -0.4 is 14.8 Å². The Morgan fingerprint density at radius 3 is 1.97 bits per heavy atom. The fourth-order valence-corrected chi connectivity index (χ4v) is 3.40. The van der Waals surface area contributed by atoms with Crippen LogP contribution in [0.2, 0.25) is 0 Å². The Hall–Kier alpha value is -3.80. The van der Waals surface area contributed by atoms with E-state index in [2.05, 4.69) is 5.32 Å². The van der Waals surface area contributed by atoms with Crippen LogP contribution in [0.5, 0.6) is 11.5 Å². The van der Waals surface area contributed by atoms with E-state index in [1.807, 2.05) is 60.7 Å². The lowest BCUT2D eigenvalue weighted by Gasteiger charge is -2.31. The molecular weight excluding hydrogens is 404 g/mol. The lowest BCUT2D eigenvalue weighted by Crippen LogP contribution is -2.51. The van der Waals surface area contributed by atoms with Crippen LogP contribution >= 0.6 is 0 Å². The summed E-state index contributed by atoms with van der Waals surface area (Å²) in [5, 5.41) is 2.71. The van der Waals surface area contributed by atoms with Gasteiger partial charge >= 0.3 is 0 Å². The van der Waals surface area contributed by atoms with Gasteiger partial charge in [-0.2, -0.15) is 0 Å². The van der Waals surface area contributed by atoms with Crippen molar-refractivity contribution in [3.05, 3.63) is 96.1 Å². The molecule has 0 saturated carbocycles. The molecule has 32 heavy (non-hydrogen) atoms. The maximum absolute atomic E-state index is 13.3. The Morgan fingerprint density at radius 1 is 0.844 bits per heavy atom. The summed E-state index contributed by atoms with van der Waals surface area (Å²) in [6.45, 7) is 0.123. The van der Waals surface area contributed by atoms with Crippen molar-refractivity contribution in [3.63, 3.8) is 0 Å². The molecule has 0 spiro atoms. The molecule has 0 saturated heterocycles. The first kappa shape index (κ1) is 22.9. The zero-order chi connectivity index (χ0) is 22.8. The lowest BCUT2D eigenvalue weighted by atomic mass is 10.0.